The smallest absolute Gasteiger partial charge is 0.164 e. The third-order valence-electron chi connectivity index (χ3n) is 11.5. The molecule has 4 nitrogen and oxygen atoms in total. The molecule has 0 fully saturated rings. The Morgan fingerprint density at radius 1 is 0.300 bits per heavy atom. The highest BCUT2D eigenvalue weighted by atomic mass is 15.0. The van der Waals surface area contributed by atoms with E-state index in [1.54, 1.807) is 0 Å². The lowest BCUT2D eigenvalue weighted by molar-refractivity contribution is 1.07. The van der Waals surface area contributed by atoms with Gasteiger partial charge < -0.3 is 0 Å². The number of aromatic nitrogens is 3. The molecule has 278 valence electrons. The summed E-state index contributed by atoms with van der Waals surface area (Å²) in [5.74, 6) is 1.78. The second kappa shape index (κ2) is 14.6. The largest absolute Gasteiger partial charge is 0.208 e. The number of nitrogens with zero attached hydrogens (tertiary/aromatic N) is 4. The second-order valence-electron chi connectivity index (χ2n) is 15.1. The Balaban J connectivity index is 1.06. The van der Waals surface area contributed by atoms with Gasteiger partial charge in [0.25, 0.3) is 0 Å². The maximum atomic E-state index is 9.37. The molecule has 0 radical (unpaired) electrons. The zero-order valence-corrected chi connectivity index (χ0v) is 32.4. The maximum Gasteiger partial charge on any atom is 0.164 e. The van der Waals surface area contributed by atoms with Crippen molar-refractivity contribution < 1.29 is 0 Å². The van der Waals surface area contributed by atoms with E-state index in [1.165, 1.54) is 43.4 Å². The fourth-order valence-corrected chi connectivity index (χ4v) is 8.55. The summed E-state index contributed by atoms with van der Waals surface area (Å²) in [5.41, 5.74) is 9.92. The number of nitriles is 1. The lowest BCUT2D eigenvalue weighted by Gasteiger charge is -2.15. The number of hydrogen-bond acceptors (Lipinski definition) is 4. The van der Waals surface area contributed by atoms with E-state index in [4.69, 9.17) is 15.0 Å². The highest BCUT2D eigenvalue weighted by Crippen LogP contribution is 2.41. The van der Waals surface area contributed by atoms with Crippen LogP contribution < -0.4 is 0 Å². The van der Waals surface area contributed by atoms with Crippen LogP contribution >= 0.6 is 0 Å². The Kier molecular flexibility index (Phi) is 8.50. The van der Waals surface area contributed by atoms with Gasteiger partial charge in [0.05, 0.1) is 11.6 Å². The van der Waals surface area contributed by atoms with Crippen molar-refractivity contribution in [1.82, 2.24) is 15.0 Å². The molecule has 0 N–H and O–H groups in total. The molecule has 0 aliphatic carbocycles. The van der Waals surface area contributed by atoms with Crippen molar-refractivity contribution in [3.63, 3.8) is 0 Å². The predicted octanol–water partition coefficient (Wildman–Crippen LogP) is 14.4. The van der Waals surface area contributed by atoms with Crippen molar-refractivity contribution in [2.45, 2.75) is 0 Å². The molecule has 0 bridgehead atoms. The van der Waals surface area contributed by atoms with E-state index in [0.717, 1.165) is 49.7 Å². The second-order valence-corrected chi connectivity index (χ2v) is 15.1. The molecule has 1 heterocycles. The zero-order chi connectivity index (χ0) is 40.0. The van der Waals surface area contributed by atoms with Crippen molar-refractivity contribution >= 4 is 43.1 Å². The van der Waals surface area contributed by atoms with Gasteiger partial charge in [-0.2, -0.15) is 5.26 Å². The first kappa shape index (κ1) is 34.9. The van der Waals surface area contributed by atoms with Crippen LogP contribution in [-0.2, 0) is 0 Å². The summed E-state index contributed by atoms with van der Waals surface area (Å²) in [6, 6.07) is 74.2. The summed E-state index contributed by atoms with van der Waals surface area (Å²) >= 11 is 0. The molecular weight excluding hydrogens is 729 g/mol. The van der Waals surface area contributed by atoms with Crippen LogP contribution in [0, 0.1) is 11.3 Å². The summed E-state index contributed by atoms with van der Waals surface area (Å²) in [6.45, 7) is 0. The van der Waals surface area contributed by atoms with E-state index in [2.05, 4.69) is 164 Å². The summed E-state index contributed by atoms with van der Waals surface area (Å²) in [6.07, 6.45) is 0. The van der Waals surface area contributed by atoms with Gasteiger partial charge in [-0.3, -0.25) is 0 Å². The van der Waals surface area contributed by atoms with Gasteiger partial charge in [0.1, 0.15) is 0 Å². The molecule has 0 saturated heterocycles. The van der Waals surface area contributed by atoms with Gasteiger partial charge in [0.15, 0.2) is 17.5 Å². The minimum Gasteiger partial charge on any atom is -0.208 e. The molecule has 0 aliphatic rings. The Morgan fingerprint density at radius 3 is 1.65 bits per heavy atom. The number of rotatable bonds is 6. The minimum atomic E-state index is 0.583. The minimum absolute atomic E-state index is 0.583. The molecule has 0 unspecified atom stereocenters. The molecule has 1 aromatic heterocycles. The average molecular weight is 763 g/mol. The molecule has 60 heavy (non-hydrogen) atoms. The van der Waals surface area contributed by atoms with Crippen LogP contribution in [0.5, 0.6) is 0 Å². The van der Waals surface area contributed by atoms with Crippen molar-refractivity contribution in [1.29, 1.82) is 5.26 Å². The summed E-state index contributed by atoms with van der Waals surface area (Å²) in [7, 11) is 0. The monoisotopic (exact) mass is 762 g/mol. The molecule has 10 aromatic carbocycles. The van der Waals surface area contributed by atoms with Crippen LogP contribution in [0.15, 0.2) is 206 Å². The summed E-state index contributed by atoms with van der Waals surface area (Å²) in [4.78, 5) is 15.5. The molecule has 0 aliphatic heterocycles. The van der Waals surface area contributed by atoms with Gasteiger partial charge in [0.2, 0.25) is 0 Å². The molecule has 0 amide bonds. The first-order valence-corrected chi connectivity index (χ1v) is 20.1. The van der Waals surface area contributed by atoms with Crippen LogP contribution in [0.1, 0.15) is 5.56 Å². The van der Waals surface area contributed by atoms with Crippen LogP contribution in [-0.4, -0.2) is 15.0 Å². The van der Waals surface area contributed by atoms with E-state index >= 15 is 0 Å². The molecule has 0 spiro atoms. The highest BCUT2D eigenvalue weighted by Gasteiger charge is 2.18. The summed E-state index contributed by atoms with van der Waals surface area (Å²) < 4.78 is 0. The Hall–Kier alpha value is -8.26. The third kappa shape index (κ3) is 6.23. The Morgan fingerprint density at radius 2 is 0.867 bits per heavy atom. The van der Waals surface area contributed by atoms with Crippen molar-refractivity contribution in [2.24, 2.45) is 0 Å². The van der Waals surface area contributed by atoms with Gasteiger partial charge in [-0.05, 0) is 113 Å². The number of benzene rings is 10. The van der Waals surface area contributed by atoms with Crippen molar-refractivity contribution in [2.75, 3.05) is 0 Å². The Labute approximate surface area is 347 Å². The predicted molar refractivity (Wildman–Crippen MR) is 247 cm³/mol. The van der Waals surface area contributed by atoms with Gasteiger partial charge in [-0.25, -0.2) is 15.0 Å². The van der Waals surface area contributed by atoms with E-state index < -0.39 is 0 Å². The van der Waals surface area contributed by atoms with E-state index in [1.807, 2.05) is 48.5 Å². The molecule has 11 rings (SSSR count). The van der Waals surface area contributed by atoms with Crippen molar-refractivity contribution in [3.05, 3.63) is 212 Å². The fraction of sp³-hybridized carbons (Fsp3) is 0. The number of fused-ring (bicyclic) bond motifs is 5. The average Bonchev–Trinajstić information content (AvgIpc) is 3.33. The zero-order valence-electron chi connectivity index (χ0n) is 32.4. The Bertz CT molecular complexity index is 3490. The lowest BCUT2D eigenvalue weighted by atomic mass is 9.89. The van der Waals surface area contributed by atoms with E-state index in [9.17, 15) is 5.26 Å². The van der Waals surface area contributed by atoms with Gasteiger partial charge in [-0.1, -0.05) is 170 Å². The van der Waals surface area contributed by atoms with Crippen LogP contribution in [0.2, 0.25) is 0 Å². The summed E-state index contributed by atoms with van der Waals surface area (Å²) in [5, 5.41) is 19.1. The standard InChI is InChI=1S/C56H34N4/c57-35-36-21-23-37(24-22-36)40-15-10-16-45(32-40)54-58-55(60-56(59-54)51-20-9-8-17-47(51)38-11-2-1-3-12-38)46-28-26-41-31-44(27-25-42(41)33-46)53-49-19-7-5-14-43(49)34-52-48-18-6-4-13-39(48)29-30-50(52)53/h1-34H. The van der Waals surface area contributed by atoms with Crippen molar-refractivity contribution in [3.8, 4) is 73.6 Å². The number of hydrogen-bond donors (Lipinski definition) is 0. The highest BCUT2D eigenvalue weighted by molar-refractivity contribution is 6.20. The molecule has 4 heteroatoms. The molecule has 0 saturated carbocycles. The molecular formula is C56H34N4. The molecule has 11 aromatic rings. The quantitative estimate of drug-likeness (QED) is 0.125. The van der Waals surface area contributed by atoms with Crippen LogP contribution in [0.3, 0.4) is 0 Å². The van der Waals surface area contributed by atoms with Gasteiger partial charge in [-0.15, -0.1) is 0 Å². The topological polar surface area (TPSA) is 62.5 Å². The van der Waals surface area contributed by atoms with E-state index in [-0.39, 0.29) is 0 Å². The SMILES string of the molecule is N#Cc1ccc(-c2cccc(-c3nc(-c4ccc5cc(-c6c7ccccc7cc7c6ccc6ccccc67)ccc5c4)nc(-c4ccccc4-c4ccccc4)n3)c2)cc1. The molecule has 0 atom stereocenters. The lowest BCUT2D eigenvalue weighted by Crippen LogP contribution is -2.01. The van der Waals surface area contributed by atoms with Crippen LogP contribution in [0.4, 0.5) is 0 Å². The van der Waals surface area contributed by atoms with Gasteiger partial charge >= 0.3 is 0 Å². The normalized spacial score (nSPS) is 11.3. The van der Waals surface area contributed by atoms with Crippen LogP contribution in [0.25, 0.3) is 111 Å². The van der Waals surface area contributed by atoms with E-state index in [0.29, 0.717) is 23.0 Å². The van der Waals surface area contributed by atoms with Gasteiger partial charge in [0, 0.05) is 16.7 Å². The first-order valence-electron chi connectivity index (χ1n) is 20.1. The first-order chi connectivity index (χ1) is 29.7. The maximum absolute atomic E-state index is 9.37. The third-order valence-corrected chi connectivity index (χ3v) is 11.5. The fourth-order valence-electron chi connectivity index (χ4n) is 8.55.